The summed E-state index contributed by atoms with van der Waals surface area (Å²) >= 11 is 5.74. The minimum absolute atomic E-state index is 0.00151. The highest BCUT2D eigenvalue weighted by Gasteiger charge is 2.21. The predicted octanol–water partition coefficient (Wildman–Crippen LogP) is 4.27. The van der Waals surface area contributed by atoms with Gasteiger partial charge in [-0.25, -0.2) is 4.79 Å². The fraction of sp³-hybridized carbons (Fsp3) is 0.0455. The minimum Gasteiger partial charge on any atom is -0.452 e. The lowest BCUT2D eigenvalue weighted by atomic mass is 9.98. The van der Waals surface area contributed by atoms with Crippen molar-refractivity contribution in [2.75, 3.05) is 11.9 Å². The second kappa shape index (κ2) is 9.64. The summed E-state index contributed by atoms with van der Waals surface area (Å²) in [5.41, 5.74) is 0.0469. The zero-order valence-corrected chi connectivity index (χ0v) is 16.7. The van der Waals surface area contributed by atoms with Gasteiger partial charge in [0.05, 0.1) is 10.5 Å². The maximum absolute atomic E-state index is 12.7. The molecule has 0 bridgehead atoms. The summed E-state index contributed by atoms with van der Waals surface area (Å²) in [5, 5.41) is 13.5. The van der Waals surface area contributed by atoms with E-state index in [9.17, 15) is 24.5 Å². The molecule has 8 nitrogen and oxygen atoms in total. The molecule has 3 rings (SSSR count). The van der Waals surface area contributed by atoms with Crippen LogP contribution in [0.2, 0.25) is 5.02 Å². The zero-order valence-electron chi connectivity index (χ0n) is 15.9. The van der Waals surface area contributed by atoms with Gasteiger partial charge in [-0.1, -0.05) is 60.1 Å². The van der Waals surface area contributed by atoms with E-state index in [2.05, 4.69) is 5.32 Å². The van der Waals surface area contributed by atoms with E-state index in [0.717, 1.165) is 6.07 Å². The van der Waals surface area contributed by atoms with Gasteiger partial charge in [-0.2, -0.15) is 0 Å². The van der Waals surface area contributed by atoms with Crippen molar-refractivity contribution < 1.29 is 24.0 Å². The van der Waals surface area contributed by atoms with E-state index in [1.54, 1.807) is 42.5 Å². The Balaban J connectivity index is 1.70. The van der Waals surface area contributed by atoms with Crippen LogP contribution in [0.1, 0.15) is 26.3 Å². The highest BCUT2D eigenvalue weighted by molar-refractivity contribution is 6.31. The number of ketones is 1. The van der Waals surface area contributed by atoms with Crippen LogP contribution < -0.4 is 5.32 Å². The number of hydrogen-bond donors (Lipinski definition) is 1. The first-order valence-corrected chi connectivity index (χ1v) is 9.34. The topological polar surface area (TPSA) is 116 Å². The van der Waals surface area contributed by atoms with Crippen LogP contribution in [0.25, 0.3) is 0 Å². The number of nitrogens with zero attached hydrogens (tertiary/aromatic N) is 1. The number of carbonyl (C=O) groups is 3. The van der Waals surface area contributed by atoms with E-state index in [1.807, 2.05) is 0 Å². The Morgan fingerprint density at radius 3 is 2.26 bits per heavy atom. The highest BCUT2D eigenvalue weighted by atomic mass is 35.5. The predicted molar refractivity (Wildman–Crippen MR) is 113 cm³/mol. The maximum Gasteiger partial charge on any atom is 0.339 e. The fourth-order valence-corrected chi connectivity index (χ4v) is 2.93. The molecule has 31 heavy (non-hydrogen) atoms. The van der Waals surface area contributed by atoms with Crippen LogP contribution in [0.3, 0.4) is 0 Å². The van der Waals surface area contributed by atoms with Crippen LogP contribution in [0.15, 0.2) is 72.8 Å². The zero-order chi connectivity index (χ0) is 22.4. The van der Waals surface area contributed by atoms with Crippen LogP contribution in [0, 0.1) is 10.1 Å². The third kappa shape index (κ3) is 5.31. The molecule has 0 aliphatic rings. The Bertz CT molecular complexity index is 1160. The molecule has 3 aromatic rings. The van der Waals surface area contributed by atoms with Gasteiger partial charge in [0.2, 0.25) is 0 Å². The molecule has 0 saturated heterocycles. The van der Waals surface area contributed by atoms with Crippen molar-refractivity contribution in [2.24, 2.45) is 0 Å². The van der Waals surface area contributed by atoms with Crippen molar-refractivity contribution in [3.8, 4) is 0 Å². The number of rotatable bonds is 7. The quantitative estimate of drug-likeness (QED) is 0.255. The van der Waals surface area contributed by atoms with Crippen molar-refractivity contribution in [3.63, 3.8) is 0 Å². The summed E-state index contributed by atoms with van der Waals surface area (Å²) in [4.78, 5) is 47.8. The number of ether oxygens (including phenoxy) is 1. The van der Waals surface area contributed by atoms with E-state index in [-0.39, 0.29) is 27.6 Å². The van der Waals surface area contributed by atoms with Gasteiger partial charge in [0.25, 0.3) is 11.6 Å². The molecule has 0 atom stereocenters. The number of hydrogen-bond acceptors (Lipinski definition) is 6. The number of esters is 1. The molecule has 156 valence electrons. The molecule has 0 unspecified atom stereocenters. The van der Waals surface area contributed by atoms with Gasteiger partial charge in [0, 0.05) is 22.2 Å². The Hall–Kier alpha value is -4.04. The molecule has 1 N–H and O–H groups in total. The van der Waals surface area contributed by atoms with Gasteiger partial charge in [-0.05, 0) is 18.2 Å². The Morgan fingerprint density at radius 2 is 1.58 bits per heavy atom. The number of benzene rings is 3. The van der Waals surface area contributed by atoms with Crippen LogP contribution in [0.4, 0.5) is 11.4 Å². The summed E-state index contributed by atoms with van der Waals surface area (Å²) in [6, 6.07) is 18.2. The van der Waals surface area contributed by atoms with Crippen molar-refractivity contribution in [1.29, 1.82) is 0 Å². The lowest BCUT2D eigenvalue weighted by Crippen LogP contribution is -2.22. The normalized spacial score (nSPS) is 10.2. The van der Waals surface area contributed by atoms with Gasteiger partial charge in [-0.3, -0.25) is 19.7 Å². The monoisotopic (exact) mass is 438 g/mol. The SMILES string of the molecule is O=C(COC(=O)c1ccccc1C(=O)c1ccccc1)Nc1ccc(Cl)cc1[N+](=O)[O-]. The fourth-order valence-electron chi connectivity index (χ4n) is 2.76. The Kier molecular flexibility index (Phi) is 6.74. The Labute approximate surface area is 181 Å². The molecular formula is C22H15ClN2O6. The third-order valence-corrected chi connectivity index (χ3v) is 4.43. The van der Waals surface area contributed by atoms with Crippen molar-refractivity contribution in [3.05, 3.63) is 105 Å². The third-order valence-electron chi connectivity index (χ3n) is 4.19. The molecular weight excluding hydrogens is 424 g/mol. The van der Waals surface area contributed by atoms with E-state index < -0.39 is 29.1 Å². The molecule has 0 aliphatic heterocycles. The first-order chi connectivity index (χ1) is 14.9. The van der Waals surface area contributed by atoms with E-state index in [1.165, 1.54) is 24.3 Å². The molecule has 0 aromatic heterocycles. The maximum atomic E-state index is 12.7. The Morgan fingerprint density at radius 1 is 0.935 bits per heavy atom. The molecule has 0 saturated carbocycles. The smallest absolute Gasteiger partial charge is 0.339 e. The van der Waals surface area contributed by atoms with Gasteiger partial charge in [0.1, 0.15) is 5.69 Å². The minimum atomic E-state index is -0.874. The highest BCUT2D eigenvalue weighted by Crippen LogP contribution is 2.27. The number of carbonyl (C=O) groups excluding carboxylic acids is 3. The number of amides is 1. The molecule has 0 heterocycles. The van der Waals surface area contributed by atoms with Crippen LogP contribution in [-0.4, -0.2) is 29.2 Å². The summed E-state index contributed by atoms with van der Waals surface area (Å²) in [7, 11) is 0. The van der Waals surface area contributed by atoms with Crippen LogP contribution >= 0.6 is 11.6 Å². The molecule has 3 aromatic carbocycles. The van der Waals surface area contributed by atoms with Crippen LogP contribution in [0.5, 0.6) is 0 Å². The number of nitrogens with one attached hydrogen (secondary N) is 1. The average Bonchev–Trinajstić information content (AvgIpc) is 2.78. The van der Waals surface area contributed by atoms with Crippen molar-refractivity contribution in [1.82, 2.24) is 0 Å². The van der Waals surface area contributed by atoms with Crippen molar-refractivity contribution in [2.45, 2.75) is 0 Å². The number of halogens is 1. The second-order valence-corrected chi connectivity index (χ2v) is 6.72. The molecule has 9 heteroatoms. The van der Waals surface area contributed by atoms with Gasteiger partial charge in [0.15, 0.2) is 12.4 Å². The van der Waals surface area contributed by atoms with E-state index in [4.69, 9.17) is 16.3 Å². The average molecular weight is 439 g/mol. The number of anilines is 1. The molecule has 0 fully saturated rings. The van der Waals surface area contributed by atoms with Gasteiger partial charge < -0.3 is 10.1 Å². The summed E-state index contributed by atoms with van der Waals surface area (Å²) in [6.45, 7) is -0.702. The van der Waals surface area contributed by atoms with Gasteiger partial charge >= 0.3 is 5.97 Å². The summed E-state index contributed by atoms with van der Waals surface area (Å²) in [6.07, 6.45) is 0. The van der Waals surface area contributed by atoms with Gasteiger partial charge in [-0.15, -0.1) is 0 Å². The molecule has 1 amide bonds. The first-order valence-electron chi connectivity index (χ1n) is 8.96. The van der Waals surface area contributed by atoms with E-state index in [0.29, 0.717) is 5.56 Å². The number of nitro groups is 1. The van der Waals surface area contributed by atoms with Crippen LogP contribution in [-0.2, 0) is 9.53 Å². The first kappa shape index (κ1) is 21.7. The summed E-state index contributed by atoms with van der Waals surface area (Å²) < 4.78 is 5.01. The number of nitro benzene ring substituents is 1. The molecule has 0 aliphatic carbocycles. The standard InChI is InChI=1S/C22H15ClN2O6/c23-15-10-11-18(19(12-15)25(29)30)24-20(26)13-31-22(28)17-9-5-4-8-16(17)21(27)14-6-2-1-3-7-14/h1-12H,13H2,(H,24,26). The largest absolute Gasteiger partial charge is 0.452 e. The second-order valence-electron chi connectivity index (χ2n) is 6.28. The summed E-state index contributed by atoms with van der Waals surface area (Å²) in [5.74, 6) is -2.03. The lowest BCUT2D eigenvalue weighted by molar-refractivity contribution is -0.383. The van der Waals surface area contributed by atoms with E-state index >= 15 is 0 Å². The molecule has 0 spiro atoms. The molecule has 0 radical (unpaired) electrons. The van der Waals surface area contributed by atoms with Crippen molar-refractivity contribution >= 4 is 40.6 Å². The lowest BCUT2D eigenvalue weighted by Gasteiger charge is -2.10.